The Balaban J connectivity index is 2.00. The molecule has 3 aromatic carbocycles. The summed E-state index contributed by atoms with van der Waals surface area (Å²) in [5, 5.41) is 9.65. The van der Waals surface area contributed by atoms with E-state index in [1.165, 1.54) is 0 Å². The van der Waals surface area contributed by atoms with E-state index in [9.17, 15) is 0 Å². The fourth-order valence-corrected chi connectivity index (χ4v) is 3.01. The van der Waals surface area contributed by atoms with E-state index >= 15 is 0 Å². The van der Waals surface area contributed by atoms with Gasteiger partial charge in [0.1, 0.15) is 0 Å². The fraction of sp³-hybridized carbons (Fsp3) is 0.100. The van der Waals surface area contributed by atoms with Gasteiger partial charge in [-0.1, -0.05) is 60.7 Å². The quantitative estimate of drug-likeness (QED) is 0.664. The molecule has 0 atom stereocenters. The van der Waals surface area contributed by atoms with Gasteiger partial charge in [0.25, 0.3) is 0 Å². The van der Waals surface area contributed by atoms with Crippen molar-refractivity contribution in [1.29, 1.82) is 0 Å². The van der Waals surface area contributed by atoms with Gasteiger partial charge in [-0.05, 0) is 18.2 Å². The van der Waals surface area contributed by atoms with Crippen LogP contribution in [0.4, 0.5) is 5.69 Å². The van der Waals surface area contributed by atoms with Crippen LogP contribution in [-0.2, 0) is 5.66 Å². The minimum Gasteiger partial charge on any atom is -0.244 e. The van der Waals surface area contributed by atoms with Crippen LogP contribution in [0.25, 0.3) is 0 Å². The molecule has 0 unspecified atom stereocenters. The van der Waals surface area contributed by atoms with E-state index in [-0.39, 0.29) is 0 Å². The number of nitrogens with zero attached hydrogens (tertiary/aromatic N) is 4. The van der Waals surface area contributed by atoms with Crippen molar-refractivity contribution in [2.75, 3.05) is 7.05 Å². The molecule has 1 heterocycles. The predicted molar refractivity (Wildman–Crippen MR) is 92.9 cm³/mol. The molecule has 0 saturated heterocycles. The minimum atomic E-state index is -0.743. The molecule has 4 nitrogen and oxygen atoms in total. The van der Waals surface area contributed by atoms with Gasteiger partial charge in [-0.25, -0.2) is 9.98 Å². The van der Waals surface area contributed by atoms with Gasteiger partial charge in [0, 0.05) is 18.2 Å². The molecule has 0 aromatic heterocycles. The van der Waals surface area contributed by atoms with E-state index in [4.69, 9.17) is 9.98 Å². The third-order valence-electron chi connectivity index (χ3n) is 4.09. The first-order chi connectivity index (χ1) is 11.8. The summed E-state index contributed by atoms with van der Waals surface area (Å²) < 4.78 is 0. The van der Waals surface area contributed by atoms with Gasteiger partial charge in [-0.15, -0.1) is 0 Å². The molecular weight excluding hydrogens is 296 g/mol. The molecule has 0 N–H and O–H groups in total. The summed E-state index contributed by atoms with van der Waals surface area (Å²) in [4.78, 5) is 9.98. The Bertz CT molecular complexity index is 969. The fourth-order valence-electron chi connectivity index (χ4n) is 3.01. The normalized spacial score (nSPS) is 14.9. The molecular formula is C20H16N4. The van der Waals surface area contributed by atoms with Crippen LogP contribution in [0.3, 0.4) is 0 Å². The summed E-state index contributed by atoms with van der Waals surface area (Å²) in [5.41, 5.74) is 2.14. The van der Waals surface area contributed by atoms with Crippen LogP contribution in [0.15, 0.2) is 99.1 Å². The van der Waals surface area contributed by atoms with Crippen LogP contribution in [0.1, 0.15) is 11.1 Å². The molecule has 0 spiro atoms. The molecule has 0 saturated carbocycles. The van der Waals surface area contributed by atoms with Crippen LogP contribution >= 0.6 is 0 Å². The Morgan fingerprint density at radius 1 is 0.708 bits per heavy atom. The van der Waals surface area contributed by atoms with Gasteiger partial charge >= 0.3 is 0 Å². The second kappa shape index (κ2) is 5.81. The number of azo groups is 1. The van der Waals surface area contributed by atoms with Gasteiger partial charge in [0.2, 0.25) is 5.66 Å². The highest BCUT2D eigenvalue weighted by molar-refractivity contribution is 5.42. The first kappa shape index (κ1) is 14.5. The molecule has 1 aliphatic heterocycles. The van der Waals surface area contributed by atoms with Crippen molar-refractivity contribution in [3.05, 3.63) is 101 Å². The largest absolute Gasteiger partial charge is 0.244 e. The van der Waals surface area contributed by atoms with Gasteiger partial charge < -0.3 is 0 Å². The van der Waals surface area contributed by atoms with Gasteiger partial charge in [-0.2, -0.15) is 10.2 Å². The topological polar surface area (TPSA) is 49.4 Å². The summed E-state index contributed by atoms with van der Waals surface area (Å²) in [6.45, 7) is 0. The Labute approximate surface area is 140 Å². The molecule has 0 radical (unpaired) electrons. The highest BCUT2D eigenvalue weighted by Gasteiger charge is 2.35. The van der Waals surface area contributed by atoms with Crippen molar-refractivity contribution >= 4 is 5.69 Å². The number of fused-ring (bicyclic) bond motifs is 1. The van der Waals surface area contributed by atoms with E-state index in [1.807, 2.05) is 54.6 Å². The van der Waals surface area contributed by atoms with Crippen molar-refractivity contribution in [2.45, 2.75) is 5.66 Å². The van der Waals surface area contributed by atoms with Crippen LogP contribution in [0, 0.1) is 0 Å². The van der Waals surface area contributed by atoms with Crippen molar-refractivity contribution in [2.24, 2.45) is 20.2 Å². The van der Waals surface area contributed by atoms with Crippen molar-refractivity contribution in [3.8, 4) is 0 Å². The standard InChI is InChI=1S/C20H16N4/c1-21-24-17-12-13-18-19(14-17)23-20(22-18,15-8-4-2-5-9-15)16-10-6-3-7-11-16/h2-14H,1H3. The summed E-state index contributed by atoms with van der Waals surface area (Å²) in [5.74, 6) is 0. The third kappa shape index (κ3) is 2.33. The lowest BCUT2D eigenvalue weighted by Gasteiger charge is -2.24. The lowest BCUT2D eigenvalue weighted by atomic mass is 9.92. The zero-order valence-electron chi connectivity index (χ0n) is 13.3. The molecule has 0 fully saturated rings. The zero-order valence-corrected chi connectivity index (χ0v) is 13.3. The Hall–Kier alpha value is -3.14. The van der Waals surface area contributed by atoms with Crippen LogP contribution in [0.2, 0.25) is 0 Å². The maximum atomic E-state index is 5.00. The number of hydrogen-bond acceptors (Lipinski definition) is 4. The zero-order chi connectivity index (χ0) is 16.4. The lowest BCUT2D eigenvalue weighted by molar-refractivity contribution is 0.569. The Morgan fingerprint density at radius 3 is 1.88 bits per heavy atom. The molecule has 0 amide bonds. The van der Waals surface area contributed by atoms with Gasteiger partial charge in [-0.3, -0.25) is 0 Å². The van der Waals surface area contributed by atoms with E-state index in [1.54, 1.807) is 7.05 Å². The average Bonchev–Trinajstić information content (AvgIpc) is 3.04. The molecule has 116 valence electrons. The maximum Gasteiger partial charge on any atom is 0.202 e. The average molecular weight is 312 g/mol. The van der Waals surface area contributed by atoms with E-state index in [0.29, 0.717) is 0 Å². The molecule has 1 aliphatic rings. The van der Waals surface area contributed by atoms with Crippen LogP contribution < -0.4 is 10.7 Å². The SMILES string of the molecule is CN=Nc1ccc2c(c1)=NC(c1ccccc1)(c1ccccc1)N=2. The van der Waals surface area contributed by atoms with Crippen molar-refractivity contribution < 1.29 is 0 Å². The van der Waals surface area contributed by atoms with Crippen LogP contribution in [0.5, 0.6) is 0 Å². The summed E-state index contributed by atoms with van der Waals surface area (Å²) in [6, 6.07) is 26.2. The van der Waals surface area contributed by atoms with Crippen LogP contribution in [-0.4, -0.2) is 7.05 Å². The predicted octanol–water partition coefficient (Wildman–Crippen LogP) is 3.55. The van der Waals surface area contributed by atoms with Crippen molar-refractivity contribution in [3.63, 3.8) is 0 Å². The first-order valence-electron chi connectivity index (χ1n) is 7.82. The van der Waals surface area contributed by atoms with Crippen molar-refractivity contribution in [1.82, 2.24) is 0 Å². The highest BCUT2D eigenvalue weighted by atomic mass is 15.1. The Kier molecular flexibility index (Phi) is 3.50. The van der Waals surface area contributed by atoms with Gasteiger partial charge in [0.15, 0.2) is 0 Å². The Morgan fingerprint density at radius 2 is 1.29 bits per heavy atom. The molecule has 4 rings (SSSR count). The highest BCUT2D eigenvalue weighted by Crippen LogP contribution is 2.35. The van der Waals surface area contributed by atoms with E-state index in [0.717, 1.165) is 27.5 Å². The molecule has 3 aromatic rings. The lowest BCUT2D eigenvalue weighted by Crippen LogP contribution is -2.22. The smallest absolute Gasteiger partial charge is 0.202 e. The molecule has 0 bridgehead atoms. The molecule has 24 heavy (non-hydrogen) atoms. The summed E-state index contributed by atoms with van der Waals surface area (Å²) in [6.07, 6.45) is 0. The molecule has 4 heteroatoms. The summed E-state index contributed by atoms with van der Waals surface area (Å²) in [7, 11) is 1.66. The maximum absolute atomic E-state index is 5.00. The third-order valence-corrected chi connectivity index (χ3v) is 4.09. The number of hydrogen-bond donors (Lipinski definition) is 0. The van der Waals surface area contributed by atoms with E-state index < -0.39 is 5.66 Å². The number of rotatable bonds is 3. The monoisotopic (exact) mass is 312 g/mol. The second-order valence-electron chi connectivity index (χ2n) is 5.60. The minimum absolute atomic E-state index is 0.743. The second-order valence-corrected chi connectivity index (χ2v) is 5.60. The molecule has 0 aliphatic carbocycles. The van der Waals surface area contributed by atoms with Gasteiger partial charge in [0.05, 0.1) is 16.4 Å². The first-order valence-corrected chi connectivity index (χ1v) is 7.82. The number of benzene rings is 3. The van der Waals surface area contributed by atoms with E-state index in [2.05, 4.69) is 34.5 Å². The summed E-state index contributed by atoms with van der Waals surface area (Å²) >= 11 is 0.